The molecule has 0 saturated carbocycles. The highest BCUT2D eigenvalue weighted by Crippen LogP contribution is 2.33. The zero-order valence-corrected chi connectivity index (χ0v) is 19.0. The van der Waals surface area contributed by atoms with Crippen molar-refractivity contribution in [2.45, 2.75) is 19.5 Å². The number of nitrogens with zero attached hydrogens (tertiary/aromatic N) is 2. The Labute approximate surface area is 192 Å². The zero-order valence-electron chi connectivity index (χ0n) is 15.8. The third-order valence-electron chi connectivity index (χ3n) is 5.39. The van der Waals surface area contributed by atoms with Gasteiger partial charge in [-0.05, 0) is 48.0 Å². The summed E-state index contributed by atoms with van der Waals surface area (Å²) in [5, 5.41) is 1.56. The number of thiophene rings is 1. The Balaban J connectivity index is 1.56. The summed E-state index contributed by atoms with van der Waals surface area (Å²) in [6.45, 7) is 2.64. The Hall–Kier alpha value is -1.96. The number of benzene rings is 2. The molecule has 4 nitrogen and oxygen atoms in total. The summed E-state index contributed by atoms with van der Waals surface area (Å²) in [4.78, 5) is 21.2. The first-order valence-corrected chi connectivity index (χ1v) is 11.5. The normalized spacial score (nSPS) is 14.2. The first-order chi connectivity index (χ1) is 14.5. The average Bonchev–Trinajstić information content (AvgIpc) is 3.09. The van der Waals surface area contributed by atoms with Crippen LogP contribution in [0.1, 0.15) is 16.0 Å². The van der Waals surface area contributed by atoms with Crippen LogP contribution in [0.15, 0.2) is 53.3 Å². The molecule has 0 saturated heterocycles. The summed E-state index contributed by atoms with van der Waals surface area (Å²) in [7, 11) is 0. The molecule has 0 atom stereocenters. The van der Waals surface area contributed by atoms with E-state index in [4.69, 9.17) is 35.4 Å². The van der Waals surface area contributed by atoms with Crippen LogP contribution in [0, 0.1) is 4.77 Å². The summed E-state index contributed by atoms with van der Waals surface area (Å²) in [6, 6.07) is 15.6. The molecule has 152 valence electrons. The van der Waals surface area contributed by atoms with Gasteiger partial charge in [0.05, 0.1) is 21.1 Å². The van der Waals surface area contributed by atoms with Crippen LogP contribution < -0.4 is 5.56 Å². The number of hydrogen-bond donors (Lipinski definition) is 1. The largest absolute Gasteiger partial charge is 0.323 e. The first kappa shape index (κ1) is 20.0. The summed E-state index contributed by atoms with van der Waals surface area (Å²) in [5.41, 5.74) is 2.92. The van der Waals surface area contributed by atoms with E-state index in [2.05, 4.69) is 34.1 Å². The molecule has 30 heavy (non-hydrogen) atoms. The maximum absolute atomic E-state index is 13.4. The Morgan fingerprint density at radius 3 is 2.67 bits per heavy atom. The lowest BCUT2D eigenvalue weighted by Gasteiger charge is -2.26. The molecule has 0 bridgehead atoms. The SMILES string of the molecule is O=c1c2c3c(sc2[nH]c(=S)n1-c1ccc(Cl)c(Cl)c1)CN(Cc1ccccc1)CC3. The predicted molar refractivity (Wildman–Crippen MR) is 127 cm³/mol. The van der Waals surface area contributed by atoms with E-state index in [1.54, 1.807) is 29.5 Å². The number of H-pyrrole nitrogens is 1. The van der Waals surface area contributed by atoms with Gasteiger partial charge in [0.15, 0.2) is 4.77 Å². The fraction of sp³-hybridized carbons (Fsp3) is 0.182. The van der Waals surface area contributed by atoms with Crippen LogP contribution in [0.25, 0.3) is 15.9 Å². The minimum absolute atomic E-state index is 0.110. The second-order valence-corrected chi connectivity index (χ2v) is 9.63. The van der Waals surface area contributed by atoms with Crippen LogP contribution in [-0.4, -0.2) is 21.0 Å². The summed E-state index contributed by atoms with van der Waals surface area (Å²) in [6.07, 6.45) is 0.837. The molecule has 0 aliphatic carbocycles. The fourth-order valence-electron chi connectivity index (χ4n) is 3.96. The molecule has 0 amide bonds. The van der Waals surface area contributed by atoms with Gasteiger partial charge >= 0.3 is 0 Å². The Morgan fingerprint density at radius 2 is 1.90 bits per heavy atom. The number of nitrogens with one attached hydrogen (secondary N) is 1. The van der Waals surface area contributed by atoms with Gasteiger partial charge in [-0.1, -0.05) is 53.5 Å². The summed E-state index contributed by atoms with van der Waals surface area (Å²) < 4.78 is 1.86. The molecule has 1 aliphatic heterocycles. The number of aromatic amines is 1. The minimum Gasteiger partial charge on any atom is -0.323 e. The minimum atomic E-state index is -0.110. The van der Waals surface area contributed by atoms with Crippen molar-refractivity contribution in [3.63, 3.8) is 0 Å². The molecule has 1 aliphatic rings. The predicted octanol–water partition coefficient (Wildman–Crippen LogP) is 5.97. The van der Waals surface area contributed by atoms with Gasteiger partial charge in [-0.3, -0.25) is 14.3 Å². The van der Waals surface area contributed by atoms with Crippen LogP contribution in [0.4, 0.5) is 0 Å². The van der Waals surface area contributed by atoms with Gasteiger partial charge in [-0.15, -0.1) is 11.3 Å². The maximum Gasteiger partial charge on any atom is 0.267 e. The van der Waals surface area contributed by atoms with Crippen molar-refractivity contribution in [2.24, 2.45) is 0 Å². The van der Waals surface area contributed by atoms with Gasteiger partial charge in [0, 0.05) is 24.5 Å². The molecule has 1 N–H and O–H groups in total. The smallest absolute Gasteiger partial charge is 0.267 e. The van der Waals surface area contributed by atoms with Gasteiger partial charge in [0.25, 0.3) is 5.56 Å². The number of fused-ring (bicyclic) bond motifs is 3. The van der Waals surface area contributed by atoms with E-state index in [-0.39, 0.29) is 5.56 Å². The molecule has 0 radical (unpaired) electrons. The lowest BCUT2D eigenvalue weighted by Crippen LogP contribution is -2.30. The second kappa shape index (κ2) is 7.94. The molecule has 0 fully saturated rings. The lowest BCUT2D eigenvalue weighted by molar-refractivity contribution is 0.249. The van der Waals surface area contributed by atoms with Gasteiger partial charge in [-0.2, -0.15) is 0 Å². The molecule has 0 spiro atoms. The molecule has 8 heteroatoms. The van der Waals surface area contributed by atoms with E-state index >= 15 is 0 Å². The monoisotopic (exact) mass is 473 g/mol. The zero-order chi connectivity index (χ0) is 20.8. The molecule has 3 heterocycles. The van der Waals surface area contributed by atoms with Gasteiger partial charge in [0.2, 0.25) is 0 Å². The number of rotatable bonds is 3. The summed E-state index contributed by atoms with van der Waals surface area (Å²) >= 11 is 19.3. The molecule has 0 unspecified atom stereocenters. The Morgan fingerprint density at radius 1 is 1.10 bits per heavy atom. The highest BCUT2D eigenvalue weighted by Gasteiger charge is 2.24. The van der Waals surface area contributed by atoms with Crippen LogP contribution in [0.2, 0.25) is 10.0 Å². The van der Waals surface area contributed by atoms with E-state index in [9.17, 15) is 4.79 Å². The molecular formula is C22H17Cl2N3OS2. The highest BCUT2D eigenvalue weighted by molar-refractivity contribution is 7.71. The van der Waals surface area contributed by atoms with Crippen molar-refractivity contribution in [1.82, 2.24) is 14.5 Å². The topological polar surface area (TPSA) is 41.0 Å². The van der Waals surface area contributed by atoms with E-state index in [1.807, 2.05) is 6.07 Å². The van der Waals surface area contributed by atoms with Crippen molar-refractivity contribution in [2.75, 3.05) is 6.54 Å². The number of hydrogen-bond acceptors (Lipinski definition) is 4. The standard InChI is InChI=1S/C22H17Cl2N3OS2/c23-16-7-6-14(10-17(16)24)27-21(28)19-15-8-9-26(11-13-4-2-1-3-5-13)12-18(15)30-20(19)25-22(27)29/h1-7,10H,8-9,11-12H2,(H,25,29). The van der Waals surface area contributed by atoms with Gasteiger partial charge < -0.3 is 4.98 Å². The molecule has 5 rings (SSSR count). The molecule has 2 aromatic carbocycles. The van der Waals surface area contributed by atoms with Crippen LogP contribution in [-0.2, 0) is 19.5 Å². The molecular weight excluding hydrogens is 457 g/mol. The lowest BCUT2D eigenvalue weighted by atomic mass is 10.0. The quantitative estimate of drug-likeness (QED) is 0.372. The van der Waals surface area contributed by atoms with Crippen molar-refractivity contribution >= 4 is 57.0 Å². The van der Waals surface area contributed by atoms with E-state index in [1.165, 1.54) is 15.0 Å². The maximum atomic E-state index is 13.4. The number of halogens is 2. The van der Waals surface area contributed by atoms with E-state index in [0.29, 0.717) is 20.5 Å². The van der Waals surface area contributed by atoms with Crippen molar-refractivity contribution < 1.29 is 0 Å². The third kappa shape index (κ3) is 3.53. The van der Waals surface area contributed by atoms with Crippen LogP contribution in [0.5, 0.6) is 0 Å². The molecule has 4 aromatic rings. The summed E-state index contributed by atoms with van der Waals surface area (Å²) in [5.74, 6) is 0. The van der Waals surface area contributed by atoms with Crippen LogP contribution in [0.3, 0.4) is 0 Å². The van der Waals surface area contributed by atoms with Crippen LogP contribution >= 0.6 is 46.8 Å². The fourth-order valence-corrected chi connectivity index (χ4v) is 5.89. The van der Waals surface area contributed by atoms with Gasteiger partial charge in [0.1, 0.15) is 4.83 Å². The average molecular weight is 474 g/mol. The van der Waals surface area contributed by atoms with Crippen molar-refractivity contribution in [3.8, 4) is 5.69 Å². The van der Waals surface area contributed by atoms with Crippen molar-refractivity contribution in [3.05, 3.63) is 89.7 Å². The first-order valence-electron chi connectivity index (χ1n) is 9.52. The third-order valence-corrected chi connectivity index (χ3v) is 7.54. The van der Waals surface area contributed by atoms with E-state index < -0.39 is 0 Å². The second-order valence-electron chi connectivity index (χ2n) is 7.32. The van der Waals surface area contributed by atoms with Crippen molar-refractivity contribution in [1.29, 1.82) is 0 Å². The van der Waals surface area contributed by atoms with E-state index in [0.717, 1.165) is 41.8 Å². The molecule has 2 aromatic heterocycles. The highest BCUT2D eigenvalue weighted by atomic mass is 35.5. The Bertz CT molecular complexity index is 1380. The Kier molecular flexibility index (Phi) is 5.29. The van der Waals surface area contributed by atoms with Gasteiger partial charge in [-0.25, -0.2) is 0 Å². The number of aromatic nitrogens is 2.